The largest absolute Gasteiger partial charge is 0.355 e. The number of rotatable bonds is 5. The van der Waals surface area contributed by atoms with E-state index in [4.69, 9.17) is 23.2 Å². The van der Waals surface area contributed by atoms with Crippen LogP contribution in [0.25, 0.3) is 6.08 Å². The summed E-state index contributed by atoms with van der Waals surface area (Å²) in [6.45, 7) is 2.19. The second-order valence-electron chi connectivity index (χ2n) is 3.77. The monoisotopic (exact) mass is 300 g/mol. The molecule has 1 rings (SSSR count). The molecule has 1 aromatic carbocycles. The fourth-order valence-corrected chi connectivity index (χ4v) is 1.76. The van der Waals surface area contributed by atoms with E-state index in [1.54, 1.807) is 24.3 Å². The van der Waals surface area contributed by atoms with E-state index in [9.17, 15) is 9.59 Å². The van der Waals surface area contributed by atoms with Crippen molar-refractivity contribution < 1.29 is 9.59 Å². The molecule has 0 aliphatic rings. The second kappa shape index (κ2) is 7.81. The minimum absolute atomic E-state index is 0.127. The van der Waals surface area contributed by atoms with E-state index >= 15 is 0 Å². The molecule has 0 bridgehead atoms. The number of hydrogen-bond donors (Lipinski definition) is 2. The van der Waals surface area contributed by atoms with Crippen molar-refractivity contribution in [2.75, 3.05) is 13.1 Å². The Balaban J connectivity index is 2.43. The minimum Gasteiger partial charge on any atom is -0.355 e. The highest BCUT2D eigenvalue weighted by Gasteiger charge is 1.99. The third-order valence-corrected chi connectivity index (χ3v) is 2.74. The van der Waals surface area contributed by atoms with Gasteiger partial charge in [0.1, 0.15) is 0 Å². The van der Waals surface area contributed by atoms with Gasteiger partial charge in [-0.1, -0.05) is 29.3 Å². The summed E-state index contributed by atoms with van der Waals surface area (Å²) in [6.07, 6.45) is 2.98. The minimum atomic E-state index is -0.253. The average molecular weight is 301 g/mol. The summed E-state index contributed by atoms with van der Waals surface area (Å²) in [5.74, 6) is -0.380. The summed E-state index contributed by atoms with van der Waals surface area (Å²) >= 11 is 11.7. The molecule has 0 saturated carbocycles. The molecule has 0 spiro atoms. The molecule has 0 heterocycles. The van der Waals surface area contributed by atoms with Crippen molar-refractivity contribution in [2.45, 2.75) is 6.92 Å². The summed E-state index contributed by atoms with van der Waals surface area (Å²) in [4.78, 5) is 22.1. The van der Waals surface area contributed by atoms with Crippen LogP contribution >= 0.6 is 23.2 Å². The summed E-state index contributed by atoms with van der Waals surface area (Å²) in [7, 11) is 0. The molecule has 6 heteroatoms. The maximum atomic E-state index is 11.5. The highest BCUT2D eigenvalue weighted by Crippen LogP contribution is 2.21. The molecular formula is C13H14Cl2N2O2. The molecule has 0 radical (unpaired) electrons. The molecule has 19 heavy (non-hydrogen) atoms. The van der Waals surface area contributed by atoms with Crippen molar-refractivity contribution in [3.63, 3.8) is 0 Å². The van der Waals surface area contributed by atoms with Crippen molar-refractivity contribution in [1.82, 2.24) is 10.6 Å². The average Bonchev–Trinajstić information content (AvgIpc) is 2.33. The van der Waals surface area contributed by atoms with Gasteiger partial charge in [-0.2, -0.15) is 0 Å². The molecule has 102 valence electrons. The zero-order chi connectivity index (χ0) is 14.3. The zero-order valence-corrected chi connectivity index (χ0v) is 11.9. The summed E-state index contributed by atoms with van der Waals surface area (Å²) in [5.41, 5.74) is 0.711. The molecule has 0 fully saturated rings. The Labute approximate surface area is 121 Å². The second-order valence-corrected chi connectivity index (χ2v) is 4.62. The Kier molecular flexibility index (Phi) is 6.39. The highest BCUT2D eigenvalue weighted by molar-refractivity contribution is 6.35. The van der Waals surface area contributed by atoms with Crippen LogP contribution in [0.1, 0.15) is 12.5 Å². The van der Waals surface area contributed by atoms with Crippen LogP contribution in [0.15, 0.2) is 24.3 Å². The molecule has 0 unspecified atom stereocenters. The van der Waals surface area contributed by atoms with Crippen LogP contribution in [0.4, 0.5) is 0 Å². The van der Waals surface area contributed by atoms with Crippen LogP contribution in [0, 0.1) is 0 Å². The molecule has 4 nitrogen and oxygen atoms in total. The van der Waals surface area contributed by atoms with Gasteiger partial charge in [0, 0.05) is 36.1 Å². The predicted molar refractivity (Wildman–Crippen MR) is 77.2 cm³/mol. The van der Waals surface area contributed by atoms with Crippen molar-refractivity contribution >= 4 is 41.1 Å². The maximum Gasteiger partial charge on any atom is 0.244 e. The first kappa shape index (κ1) is 15.5. The lowest BCUT2D eigenvalue weighted by Gasteiger charge is -2.03. The van der Waals surface area contributed by atoms with E-state index in [0.717, 1.165) is 0 Å². The first-order chi connectivity index (χ1) is 8.99. The lowest BCUT2D eigenvalue weighted by Crippen LogP contribution is -2.32. The van der Waals surface area contributed by atoms with Gasteiger partial charge in [0.2, 0.25) is 11.8 Å². The molecule has 0 aromatic heterocycles. The Morgan fingerprint density at radius 2 is 1.89 bits per heavy atom. The molecule has 2 N–H and O–H groups in total. The predicted octanol–water partition coefficient (Wildman–Crippen LogP) is 2.26. The van der Waals surface area contributed by atoms with Crippen molar-refractivity contribution in [3.05, 3.63) is 39.9 Å². The lowest BCUT2D eigenvalue weighted by atomic mass is 10.2. The number of nitrogens with one attached hydrogen (secondary N) is 2. The number of carbonyl (C=O) groups excluding carboxylic acids is 2. The summed E-state index contributed by atoms with van der Waals surface area (Å²) in [6, 6.07) is 5.03. The van der Waals surface area contributed by atoms with Crippen molar-refractivity contribution in [2.24, 2.45) is 0 Å². The molecule has 2 amide bonds. The van der Waals surface area contributed by atoms with E-state index in [1.165, 1.54) is 13.0 Å². The number of amides is 2. The van der Waals surface area contributed by atoms with Crippen molar-refractivity contribution in [3.8, 4) is 0 Å². The third kappa shape index (κ3) is 6.27. The van der Waals surface area contributed by atoms with Gasteiger partial charge < -0.3 is 10.6 Å². The number of carbonyl (C=O) groups is 2. The quantitative estimate of drug-likeness (QED) is 0.647. The van der Waals surface area contributed by atoms with Crippen LogP contribution in [-0.2, 0) is 9.59 Å². The number of halogens is 2. The fraction of sp³-hybridized carbons (Fsp3) is 0.231. The lowest BCUT2D eigenvalue weighted by molar-refractivity contribution is -0.119. The van der Waals surface area contributed by atoms with E-state index < -0.39 is 0 Å². The zero-order valence-electron chi connectivity index (χ0n) is 10.4. The molecular weight excluding hydrogens is 287 g/mol. The molecule has 0 saturated heterocycles. The van der Waals surface area contributed by atoms with Gasteiger partial charge >= 0.3 is 0 Å². The number of benzene rings is 1. The van der Waals surface area contributed by atoms with E-state index in [0.29, 0.717) is 28.7 Å². The Hall–Kier alpha value is -1.52. The SMILES string of the molecule is CC(=O)NCCNC(=O)/C=C/c1ccc(Cl)cc1Cl. The molecule has 0 aliphatic heterocycles. The molecule has 1 aromatic rings. The fourth-order valence-electron chi connectivity index (χ4n) is 1.29. The van der Waals surface area contributed by atoms with Gasteiger partial charge in [-0.15, -0.1) is 0 Å². The van der Waals surface area contributed by atoms with Gasteiger partial charge in [0.25, 0.3) is 0 Å². The van der Waals surface area contributed by atoms with Crippen molar-refractivity contribution in [1.29, 1.82) is 0 Å². The Morgan fingerprint density at radius 3 is 2.53 bits per heavy atom. The van der Waals surface area contributed by atoms with Gasteiger partial charge in [0.15, 0.2) is 0 Å². The smallest absolute Gasteiger partial charge is 0.244 e. The van der Waals surface area contributed by atoms with Crippen LogP contribution in [0.5, 0.6) is 0 Å². The Bertz CT molecular complexity index is 501. The van der Waals surface area contributed by atoms with Gasteiger partial charge in [-0.3, -0.25) is 9.59 Å². The Morgan fingerprint density at radius 1 is 1.21 bits per heavy atom. The van der Waals surface area contributed by atoms with Crippen LogP contribution < -0.4 is 10.6 Å². The van der Waals surface area contributed by atoms with Crippen LogP contribution in [0.3, 0.4) is 0 Å². The molecule has 0 atom stereocenters. The standard InChI is InChI=1S/C13H14Cl2N2O2/c1-9(18)16-6-7-17-13(19)5-3-10-2-4-11(14)8-12(10)15/h2-5,8H,6-7H2,1H3,(H,16,18)(H,17,19)/b5-3+. The number of hydrogen-bond acceptors (Lipinski definition) is 2. The van der Waals surface area contributed by atoms with Gasteiger partial charge in [0.05, 0.1) is 0 Å². The first-order valence-corrected chi connectivity index (χ1v) is 6.40. The first-order valence-electron chi connectivity index (χ1n) is 5.64. The van der Waals surface area contributed by atoms with Crippen LogP contribution in [-0.4, -0.2) is 24.9 Å². The van der Waals surface area contributed by atoms with Gasteiger partial charge in [-0.25, -0.2) is 0 Å². The van der Waals surface area contributed by atoms with E-state index in [-0.39, 0.29) is 11.8 Å². The van der Waals surface area contributed by atoms with Crippen LogP contribution in [0.2, 0.25) is 10.0 Å². The third-order valence-electron chi connectivity index (χ3n) is 2.17. The highest BCUT2D eigenvalue weighted by atomic mass is 35.5. The summed E-state index contributed by atoms with van der Waals surface area (Å²) in [5, 5.41) is 6.23. The van der Waals surface area contributed by atoms with Gasteiger partial charge in [-0.05, 0) is 23.8 Å². The normalized spacial score (nSPS) is 10.5. The van der Waals surface area contributed by atoms with E-state index in [2.05, 4.69) is 10.6 Å². The maximum absolute atomic E-state index is 11.5. The van der Waals surface area contributed by atoms with E-state index in [1.807, 2.05) is 0 Å². The summed E-state index contributed by atoms with van der Waals surface area (Å²) < 4.78 is 0. The topological polar surface area (TPSA) is 58.2 Å². The molecule has 0 aliphatic carbocycles.